The molecule has 2 aromatic carbocycles. The van der Waals surface area contributed by atoms with Gasteiger partial charge in [-0.15, -0.1) is 23.5 Å². The summed E-state index contributed by atoms with van der Waals surface area (Å²) >= 11 is 1.61. The fourth-order valence-electron chi connectivity index (χ4n) is 5.41. The second kappa shape index (κ2) is 31.8. The molecular formula is C44H50AgClN8Pt2-. The Balaban J connectivity index is 0.000000924. The molecule has 305 valence electrons. The molecule has 56 heavy (non-hydrogen) atoms. The smallest absolute Gasteiger partial charge is 4.00 e. The van der Waals surface area contributed by atoms with Gasteiger partial charge in [0, 0.05) is 24.8 Å². The van der Waals surface area contributed by atoms with Gasteiger partial charge in [-0.2, -0.15) is 59.9 Å². The van der Waals surface area contributed by atoms with Gasteiger partial charge < -0.3 is 51.1 Å². The molecule has 0 aliphatic rings. The van der Waals surface area contributed by atoms with E-state index in [0.29, 0.717) is 0 Å². The first-order valence-electron chi connectivity index (χ1n) is 18.4. The van der Waals surface area contributed by atoms with E-state index in [1.54, 1.807) is 18.8 Å². The molecule has 0 aliphatic heterocycles. The predicted molar refractivity (Wildman–Crippen MR) is 206 cm³/mol. The largest absolute Gasteiger partial charge is 4.00 e. The summed E-state index contributed by atoms with van der Waals surface area (Å²) in [5, 5.41) is 12.5. The van der Waals surface area contributed by atoms with Crippen LogP contribution in [0.4, 0.5) is 0 Å². The van der Waals surface area contributed by atoms with E-state index < -0.39 is 0 Å². The average Bonchev–Trinajstić information content (AvgIpc) is 4.09. The van der Waals surface area contributed by atoms with Crippen LogP contribution >= 0.6 is 9.42 Å². The van der Waals surface area contributed by atoms with Gasteiger partial charge in [-0.1, -0.05) is 90.0 Å². The summed E-state index contributed by atoms with van der Waals surface area (Å²) in [6.07, 6.45) is 37.7. The Labute approximate surface area is 381 Å². The van der Waals surface area contributed by atoms with Crippen LogP contribution in [-0.4, -0.2) is 18.3 Å². The first kappa shape index (κ1) is 52.8. The summed E-state index contributed by atoms with van der Waals surface area (Å²) in [6, 6.07) is 23.6. The molecule has 4 heterocycles. The number of rotatable bonds is 16. The van der Waals surface area contributed by atoms with Crippen LogP contribution in [0, 0.1) is 60.8 Å². The standard InChI is InChI=1S/2C21H25N3.2CN.Ag.ClH.2Pt/c2*1-3-5-8-19-11-13-23(17-19)20-9-7-10-21(16-20)24-15-14-22(18-24)12-6-4-2;2*1-2;;;;/h2*7,9-11,13-15H,3-6,8,12H2,1-2H3;;;;1H;;/q2*-2;2*-1;+1;;+1;+4/p-1. The van der Waals surface area contributed by atoms with Crippen molar-refractivity contribution in [2.24, 2.45) is 0 Å². The zero-order valence-electron chi connectivity index (χ0n) is 32.5. The average molecular weight is 1220 g/mol. The van der Waals surface area contributed by atoms with Crippen LogP contribution < -0.4 is 9.13 Å². The Kier molecular flexibility index (Phi) is 30.0. The second-order valence-electron chi connectivity index (χ2n) is 12.3. The molecule has 8 nitrogen and oxygen atoms in total. The first-order chi connectivity index (χ1) is 26.6. The number of halogens is 1. The number of hydrogen-bond acceptors (Lipinski definition) is 2. The van der Waals surface area contributed by atoms with Crippen LogP contribution in [-0.2, 0) is 88.1 Å². The molecule has 0 atom stereocenters. The van der Waals surface area contributed by atoms with Crippen LogP contribution in [0.2, 0.25) is 0 Å². The fourth-order valence-corrected chi connectivity index (χ4v) is 5.41. The molecule has 0 spiro atoms. The molecule has 0 unspecified atom stereocenters. The van der Waals surface area contributed by atoms with Crippen molar-refractivity contribution in [3.05, 3.63) is 147 Å². The Morgan fingerprint density at radius 2 is 0.893 bits per heavy atom. The summed E-state index contributed by atoms with van der Waals surface area (Å²) in [7, 11) is 4.61. The monoisotopic (exact) mass is 1220 g/mol. The van der Waals surface area contributed by atoms with E-state index in [-0.39, 0.29) is 43.4 Å². The van der Waals surface area contributed by atoms with Crippen molar-refractivity contribution in [3.63, 3.8) is 0 Å². The van der Waals surface area contributed by atoms with Gasteiger partial charge in [0.15, 0.2) is 0 Å². The Morgan fingerprint density at radius 3 is 1.23 bits per heavy atom. The molecule has 0 amide bonds. The van der Waals surface area contributed by atoms with Crippen molar-refractivity contribution in [3.8, 4) is 22.7 Å². The summed E-state index contributed by atoms with van der Waals surface area (Å²) in [5.74, 6) is 0. The van der Waals surface area contributed by atoms with Gasteiger partial charge in [-0.25, -0.2) is 12.1 Å². The third kappa shape index (κ3) is 17.5. The summed E-state index contributed by atoms with van der Waals surface area (Å²) < 4.78 is 12.3. The molecular weight excluding hydrogens is 1170 g/mol. The predicted octanol–water partition coefficient (Wildman–Crippen LogP) is 9.07. The number of hydrogen-bond donors (Lipinski definition) is 0. The van der Waals surface area contributed by atoms with Gasteiger partial charge in [-0.3, -0.25) is 0 Å². The van der Waals surface area contributed by atoms with Crippen LogP contribution in [0.15, 0.2) is 85.7 Å². The minimum absolute atomic E-state index is 0. The van der Waals surface area contributed by atoms with E-state index in [4.69, 9.17) is 23.7 Å². The molecule has 0 saturated heterocycles. The minimum atomic E-state index is 0. The first-order valence-corrected chi connectivity index (χ1v) is 21.2. The van der Waals surface area contributed by atoms with Crippen molar-refractivity contribution in [1.82, 2.24) is 18.3 Å². The number of aryl methyl sites for hydroxylation is 4. The Bertz CT molecular complexity index is 1660. The van der Waals surface area contributed by atoms with E-state index in [1.165, 1.54) is 62.5 Å². The molecule has 12 heteroatoms. The molecule has 0 N–H and O–H groups in total. The third-order valence-corrected chi connectivity index (χ3v) is 8.31. The maximum atomic E-state index is 6.25. The maximum absolute atomic E-state index is 6.25. The van der Waals surface area contributed by atoms with Gasteiger partial charge in [-0.05, 0) is 25.7 Å². The van der Waals surface area contributed by atoms with Gasteiger partial charge in [0.05, 0.1) is 13.1 Å². The number of nitrogens with zero attached hydrogens (tertiary/aromatic N) is 8. The van der Waals surface area contributed by atoms with Crippen molar-refractivity contribution in [1.29, 1.82) is 10.5 Å². The summed E-state index contributed by atoms with van der Waals surface area (Å²) in [4.78, 5) is 0. The molecule has 0 saturated carbocycles. The van der Waals surface area contributed by atoms with Crippen LogP contribution in [0.25, 0.3) is 22.7 Å². The topological polar surface area (TPSA) is 75.1 Å². The molecule has 0 bridgehead atoms. The van der Waals surface area contributed by atoms with Crippen LogP contribution in [0.3, 0.4) is 0 Å². The van der Waals surface area contributed by atoms with Gasteiger partial charge >= 0.3 is 71.6 Å². The molecule has 6 rings (SSSR count). The van der Waals surface area contributed by atoms with Gasteiger partial charge in [0.25, 0.3) is 0 Å². The zero-order valence-corrected chi connectivity index (χ0v) is 39.2. The molecule has 0 aliphatic carbocycles. The van der Waals surface area contributed by atoms with Crippen molar-refractivity contribution in [2.75, 3.05) is 0 Å². The van der Waals surface area contributed by atoms with Crippen LogP contribution in [0.1, 0.15) is 90.2 Å². The Hall–Kier alpha value is -3.19. The maximum Gasteiger partial charge on any atom is 4.00 e. The number of unbranched alkanes of at least 4 members (excludes halogenated alkanes) is 4. The van der Waals surface area contributed by atoms with Crippen molar-refractivity contribution >= 4 is 9.42 Å². The molecule has 0 fully saturated rings. The van der Waals surface area contributed by atoms with Crippen molar-refractivity contribution in [2.45, 2.75) is 105 Å². The fraction of sp³-hybridized carbons (Fsp3) is 0.364. The Morgan fingerprint density at radius 1 is 0.554 bits per heavy atom. The second-order valence-corrected chi connectivity index (χ2v) is 12.3. The van der Waals surface area contributed by atoms with E-state index in [9.17, 15) is 0 Å². The van der Waals surface area contributed by atoms with E-state index in [2.05, 4.69) is 157 Å². The van der Waals surface area contributed by atoms with Gasteiger partial charge in [0.2, 0.25) is 12.7 Å². The SMILES string of the molecule is CCCCc1[c-]n(-c2[c-]c(-n3[c-][n+](CCCC)cc3)ccc2)cc1.CCCCc1[c-]n(-c2[c-]c(-n3[c-][n+](CCCC)cc3)ccc2)cc1.[Ag+].[C-]#N.[C-]#N.[Cl][Pt].[Pt+4]. The zero-order chi connectivity index (χ0) is 39.6. The summed E-state index contributed by atoms with van der Waals surface area (Å²) in [5.41, 5.74) is 6.55. The molecule has 6 aromatic rings. The minimum Gasteiger partial charge on any atom is 4.00 e. The van der Waals surface area contributed by atoms with E-state index in [1.807, 2.05) is 30.7 Å². The number of imidazole rings is 2. The number of aromatic nitrogens is 6. The van der Waals surface area contributed by atoms with E-state index >= 15 is 0 Å². The molecule has 4 aromatic heterocycles. The molecule has 0 radical (unpaired) electrons. The quantitative estimate of drug-likeness (QED) is 0.0552. The third-order valence-electron chi connectivity index (χ3n) is 8.31. The van der Waals surface area contributed by atoms with E-state index in [0.717, 1.165) is 48.7 Å². The number of benzene rings is 2. The normalized spacial score (nSPS) is 9.70. The van der Waals surface area contributed by atoms with Crippen molar-refractivity contribution < 1.29 is 71.4 Å². The van der Waals surface area contributed by atoms with Gasteiger partial charge in [0.1, 0.15) is 0 Å². The van der Waals surface area contributed by atoms with Crippen LogP contribution in [0.5, 0.6) is 0 Å². The summed E-state index contributed by atoms with van der Waals surface area (Å²) in [6.45, 7) is 20.4.